The minimum absolute atomic E-state index is 0.458. The zero-order chi connectivity index (χ0) is 12.8. The summed E-state index contributed by atoms with van der Waals surface area (Å²) in [5, 5.41) is 12.1. The highest BCUT2D eigenvalue weighted by Crippen LogP contribution is 2.07. The van der Waals surface area contributed by atoms with Crippen LogP contribution in [0.5, 0.6) is 0 Å². The summed E-state index contributed by atoms with van der Waals surface area (Å²) in [4.78, 5) is 8.76. The molecule has 0 radical (unpaired) electrons. The van der Waals surface area contributed by atoms with Crippen LogP contribution in [0.3, 0.4) is 0 Å². The Hall–Kier alpha value is -1.64. The molecule has 0 bridgehead atoms. The van der Waals surface area contributed by atoms with Crippen LogP contribution in [-0.4, -0.2) is 61.1 Å². The Kier molecular flexibility index (Phi) is 4.51. The third kappa shape index (κ3) is 3.69. The van der Waals surface area contributed by atoms with Crippen LogP contribution >= 0.6 is 0 Å². The van der Waals surface area contributed by atoms with Crippen LogP contribution in [0.4, 0.5) is 5.69 Å². The van der Waals surface area contributed by atoms with Crippen molar-refractivity contribution in [2.75, 3.05) is 51.6 Å². The van der Waals surface area contributed by atoms with Crippen molar-refractivity contribution in [2.24, 2.45) is 0 Å². The number of hydrogen-bond donors (Lipinski definition) is 1. The van der Waals surface area contributed by atoms with E-state index in [2.05, 4.69) is 27.1 Å². The van der Waals surface area contributed by atoms with Gasteiger partial charge in [0.25, 0.3) is 0 Å². The minimum Gasteiger partial charge on any atom is -0.384 e. The largest absolute Gasteiger partial charge is 0.384 e. The van der Waals surface area contributed by atoms with Crippen LogP contribution in [0.1, 0.15) is 5.69 Å². The Balaban J connectivity index is 1.73. The number of nitrogens with one attached hydrogen (secondary N) is 1. The van der Waals surface area contributed by atoms with Gasteiger partial charge in [-0.25, -0.2) is 4.98 Å². The van der Waals surface area contributed by atoms with Crippen molar-refractivity contribution in [1.82, 2.24) is 14.8 Å². The molecule has 1 aliphatic rings. The molecule has 0 saturated carbocycles. The van der Waals surface area contributed by atoms with Crippen molar-refractivity contribution in [1.29, 1.82) is 5.26 Å². The van der Waals surface area contributed by atoms with Gasteiger partial charge in [0, 0.05) is 51.2 Å². The van der Waals surface area contributed by atoms with Crippen LogP contribution in [-0.2, 0) is 0 Å². The Morgan fingerprint density at radius 2 is 2.17 bits per heavy atom. The quantitative estimate of drug-likeness (QED) is 0.842. The maximum Gasteiger partial charge on any atom is 0.142 e. The van der Waals surface area contributed by atoms with E-state index in [0.717, 1.165) is 45.0 Å². The van der Waals surface area contributed by atoms with E-state index in [1.807, 2.05) is 12.1 Å². The lowest BCUT2D eigenvalue weighted by atomic mass is 10.3. The molecule has 1 saturated heterocycles. The summed E-state index contributed by atoms with van der Waals surface area (Å²) < 4.78 is 0. The predicted octanol–water partition coefficient (Wildman–Crippen LogP) is 0.613. The van der Waals surface area contributed by atoms with Gasteiger partial charge in [0.05, 0.1) is 0 Å². The average molecular weight is 245 g/mol. The third-order valence-electron chi connectivity index (χ3n) is 3.23. The number of nitrogens with zero attached hydrogens (tertiary/aromatic N) is 4. The van der Waals surface area contributed by atoms with Gasteiger partial charge in [0.15, 0.2) is 0 Å². The molecule has 18 heavy (non-hydrogen) atoms. The van der Waals surface area contributed by atoms with Crippen molar-refractivity contribution in [3.8, 4) is 6.07 Å². The van der Waals surface area contributed by atoms with Gasteiger partial charge in [0.1, 0.15) is 11.8 Å². The molecule has 1 fully saturated rings. The summed E-state index contributed by atoms with van der Waals surface area (Å²) in [6.07, 6.45) is 1.66. The molecule has 1 aliphatic heterocycles. The molecule has 0 aromatic carbocycles. The van der Waals surface area contributed by atoms with E-state index < -0.39 is 0 Å². The molecule has 0 unspecified atom stereocenters. The molecule has 1 aromatic heterocycles. The second kappa shape index (κ2) is 6.34. The third-order valence-corrected chi connectivity index (χ3v) is 3.23. The Bertz CT molecular complexity index is 418. The molecule has 0 spiro atoms. The zero-order valence-corrected chi connectivity index (χ0v) is 10.8. The van der Waals surface area contributed by atoms with Crippen molar-refractivity contribution in [3.05, 3.63) is 24.0 Å². The van der Waals surface area contributed by atoms with Crippen LogP contribution < -0.4 is 5.32 Å². The molecule has 0 amide bonds. The van der Waals surface area contributed by atoms with Gasteiger partial charge < -0.3 is 10.2 Å². The van der Waals surface area contributed by atoms with Crippen LogP contribution in [0.2, 0.25) is 0 Å². The van der Waals surface area contributed by atoms with E-state index in [-0.39, 0.29) is 0 Å². The maximum atomic E-state index is 8.76. The smallest absolute Gasteiger partial charge is 0.142 e. The minimum atomic E-state index is 0.458. The van der Waals surface area contributed by atoms with E-state index in [4.69, 9.17) is 5.26 Å². The average Bonchev–Trinajstić information content (AvgIpc) is 2.41. The van der Waals surface area contributed by atoms with Crippen molar-refractivity contribution >= 4 is 5.69 Å². The highest BCUT2D eigenvalue weighted by molar-refractivity contribution is 5.45. The first-order valence-electron chi connectivity index (χ1n) is 6.29. The fraction of sp³-hybridized carbons (Fsp3) is 0.538. The second-order valence-corrected chi connectivity index (χ2v) is 4.61. The molecule has 1 aromatic rings. The first kappa shape index (κ1) is 12.8. The van der Waals surface area contributed by atoms with Crippen LogP contribution in [0.25, 0.3) is 0 Å². The van der Waals surface area contributed by atoms with E-state index in [1.165, 1.54) is 0 Å². The highest BCUT2D eigenvalue weighted by atomic mass is 15.2. The van der Waals surface area contributed by atoms with Gasteiger partial charge in [0.2, 0.25) is 0 Å². The van der Waals surface area contributed by atoms with E-state index in [1.54, 1.807) is 12.3 Å². The van der Waals surface area contributed by atoms with Gasteiger partial charge in [-0.3, -0.25) is 4.90 Å². The molecule has 2 rings (SSSR count). The van der Waals surface area contributed by atoms with E-state index >= 15 is 0 Å². The van der Waals surface area contributed by atoms with Crippen molar-refractivity contribution in [3.63, 3.8) is 0 Å². The van der Waals surface area contributed by atoms with Gasteiger partial charge in [-0.15, -0.1) is 0 Å². The van der Waals surface area contributed by atoms with Crippen molar-refractivity contribution in [2.45, 2.75) is 0 Å². The number of likely N-dealkylation sites (N-methyl/N-ethyl adjacent to an activating group) is 1. The molecule has 0 atom stereocenters. The van der Waals surface area contributed by atoms with Gasteiger partial charge >= 0.3 is 0 Å². The van der Waals surface area contributed by atoms with E-state index in [9.17, 15) is 0 Å². The fourth-order valence-electron chi connectivity index (χ4n) is 2.03. The monoisotopic (exact) mass is 245 g/mol. The predicted molar refractivity (Wildman–Crippen MR) is 71.4 cm³/mol. The molecular formula is C13H19N5. The Labute approximate surface area is 108 Å². The molecule has 5 heteroatoms. The SMILES string of the molecule is CN1CCN(CCNc2ccnc(C#N)c2)CC1. The van der Waals surface area contributed by atoms with Gasteiger partial charge in [-0.05, 0) is 19.2 Å². The van der Waals surface area contributed by atoms with Crippen LogP contribution in [0.15, 0.2) is 18.3 Å². The zero-order valence-electron chi connectivity index (χ0n) is 10.8. The first-order valence-corrected chi connectivity index (χ1v) is 6.29. The summed E-state index contributed by atoms with van der Waals surface area (Å²) in [6.45, 7) is 6.51. The molecule has 2 heterocycles. The summed E-state index contributed by atoms with van der Waals surface area (Å²) >= 11 is 0. The number of anilines is 1. The van der Waals surface area contributed by atoms with Crippen molar-refractivity contribution < 1.29 is 0 Å². The topological polar surface area (TPSA) is 55.2 Å². The van der Waals surface area contributed by atoms with Gasteiger partial charge in [-0.1, -0.05) is 0 Å². The summed E-state index contributed by atoms with van der Waals surface area (Å²) in [5.74, 6) is 0. The number of hydrogen-bond acceptors (Lipinski definition) is 5. The number of nitriles is 1. The second-order valence-electron chi connectivity index (χ2n) is 4.61. The Morgan fingerprint density at radius 3 is 2.89 bits per heavy atom. The normalized spacial score (nSPS) is 17.3. The maximum absolute atomic E-state index is 8.76. The first-order chi connectivity index (χ1) is 8.78. The number of pyridine rings is 1. The highest BCUT2D eigenvalue weighted by Gasteiger charge is 2.12. The lowest BCUT2D eigenvalue weighted by molar-refractivity contribution is 0.158. The molecule has 96 valence electrons. The molecule has 0 aliphatic carbocycles. The summed E-state index contributed by atoms with van der Waals surface area (Å²) in [6, 6.07) is 5.72. The summed E-state index contributed by atoms with van der Waals surface area (Å²) in [5.41, 5.74) is 1.43. The standard InChI is InChI=1S/C13H19N5/c1-17-6-8-18(9-7-17)5-4-16-12-2-3-15-13(10-12)11-14/h2-3,10H,4-9H2,1H3,(H,15,16). The van der Waals surface area contributed by atoms with Gasteiger partial charge in [-0.2, -0.15) is 5.26 Å². The fourth-order valence-corrected chi connectivity index (χ4v) is 2.03. The molecule has 5 nitrogen and oxygen atoms in total. The Morgan fingerprint density at radius 1 is 1.39 bits per heavy atom. The molecular weight excluding hydrogens is 226 g/mol. The van der Waals surface area contributed by atoms with E-state index in [0.29, 0.717) is 5.69 Å². The summed E-state index contributed by atoms with van der Waals surface area (Å²) in [7, 11) is 2.16. The number of aromatic nitrogens is 1. The lowest BCUT2D eigenvalue weighted by Gasteiger charge is -2.32. The molecule has 1 N–H and O–H groups in total. The number of rotatable bonds is 4. The lowest BCUT2D eigenvalue weighted by Crippen LogP contribution is -2.45. The number of piperazine rings is 1. The van der Waals surface area contributed by atoms with Crippen LogP contribution in [0, 0.1) is 11.3 Å².